The summed E-state index contributed by atoms with van der Waals surface area (Å²) in [5.41, 5.74) is 2.43. The van der Waals surface area contributed by atoms with E-state index in [1.54, 1.807) is 0 Å². The highest BCUT2D eigenvalue weighted by Crippen LogP contribution is 2.21. The zero-order valence-electron chi connectivity index (χ0n) is 12.8. The van der Waals surface area contributed by atoms with Crippen molar-refractivity contribution in [1.82, 2.24) is 5.32 Å². The Morgan fingerprint density at radius 3 is 2.58 bits per heavy atom. The monoisotopic (exact) mass is 265 g/mol. The van der Waals surface area contributed by atoms with Gasteiger partial charge < -0.3 is 15.2 Å². The van der Waals surface area contributed by atoms with Crippen LogP contribution >= 0.6 is 0 Å². The van der Waals surface area contributed by atoms with E-state index in [9.17, 15) is 5.11 Å². The number of benzene rings is 1. The molecule has 0 aliphatic carbocycles. The van der Waals surface area contributed by atoms with Crippen LogP contribution in [0.2, 0.25) is 0 Å². The topological polar surface area (TPSA) is 41.5 Å². The lowest BCUT2D eigenvalue weighted by Gasteiger charge is -2.22. The summed E-state index contributed by atoms with van der Waals surface area (Å²) in [6.07, 6.45) is 0.311. The molecule has 1 aromatic carbocycles. The number of hydrogen-bond donors (Lipinski definition) is 2. The van der Waals surface area contributed by atoms with E-state index in [-0.39, 0.29) is 5.54 Å². The number of aryl methyl sites for hydroxylation is 1. The van der Waals surface area contributed by atoms with Crippen molar-refractivity contribution in [1.29, 1.82) is 0 Å². The fourth-order valence-electron chi connectivity index (χ4n) is 1.65. The minimum atomic E-state index is -0.398. The molecule has 0 aromatic heterocycles. The number of rotatable bonds is 6. The molecule has 0 aliphatic rings. The molecule has 108 valence electrons. The van der Waals surface area contributed by atoms with Crippen LogP contribution in [0.1, 0.15) is 45.2 Å². The molecule has 3 nitrogen and oxygen atoms in total. The van der Waals surface area contributed by atoms with Gasteiger partial charge in [0.1, 0.15) is 12.4 Å². The van der Waals surface area contributed by atoms with E-state index < -0.39 is 6.10 Å². The molecule has 19 heavy (non-hydrogen) atoms. The van der Waals surface area contributed by atoms with Crippen LogP contribution in [0, 0.1) is 6.92 Å². The van der Waals surface area contributed by atoms with Crippen molar-refractivity contribution in [3.63, 3.8) is 0 Å². The number of ether oxygens (including phenoxy) is 1. The van der Waals surface area contributed by atoms with Crippen LogP contribution in [0.15, 0.2) is 18.2 Å². The molecule has 1 unspecified atom stereocenters. The molecule has 0 bridgehead atoms. The first-order valence-electron chi connectivity index (χ1n) is 6.97. The zero-order chi connectivity index (χ0) is 14.5. The lowest BCUT2D eigenvalue weighted by atomic mass is 10.1. The summed E-state index contributed by atoms with van der Waals surface area (Å²) in [6.45, 7) is 11.6. The Bertz CT molecular complexity index is 396. The molecule has 3 heteroatoms. The van der Waals surface area contributed by atoms with Crippen molar-refractivity contribution in [2.75, 3.05) is 6.61 Å². The van der Waals surface area contributed by atoms with Gasteiger partial charge in [0.15, 0.2) is 0 Å². The highest BCUT2D eigenvalue weighted by molar-refractivity contribution is 5.37. The second kappa shape index (κ2) is 6.92. The molecule has 0 heterocycles. The van der Waals surface area contributed by atoms with Crippen LogP contribution in [0.3, 0.4) is 0 Å². The van der Waals surface area contributed by atoms with Gasteiger partial charge in [0, 0.05) is 17.6 Å². The normalized spacial score (nSPS) is 13.4. The lowest BCUT2D eigenvalue weighted by molar-refractivity contribution is 0.103. The van der Waals surface area contributed by atoms with Gasteiger partial charge in [-0.2, -0.15) is 0 Å². The van der Waals surface area contributed by atoms with Gasteiger partial charge in [0.25, 0.3) is 0 Å². The molecule has 0 radical (unpaired) electrons. The molecular formula is C16H27NO2. The standard InChI is InChI=1S/C16H27NO2/c1-6-14(18)11-19-15-8-7-12(2)9-13(15)10-17-16(3,4)5/h7-9,14,17-18H,6,10-11H2,1-5H3. The Labute approximate surface area is 117 Å². The number of aliphatic hydroxyl groups is 1. The van der Waals surface area contributed by atoms with Crippen molar-refractivity contribution in [3.05, 3.63) is 29.3 Å². The largest absolute Gasteiger partial charge is 0.491 e. The quantitative estimate of drug-likeness (QED) is 0.830. The Morgan fingerprint density at radius 2 is 2.00 bits per heavy atom. The average molecular weight is 265 g/mol. The van der Waals surface area contributed by atoms with E-state index in [1.165, 1.54) is 5.56 Å². The van der Waals surface area contributed by atoms with E-state index in [1.807, 2.05) is 19.1 Å². The van der Waals surface area contributed by atoms with Gasteiger partial charge in [0.2, 0.25) is 0 Å². The molecule has 1 rings (SSSR count). The van der Waals surface area contributed by atoms with E-state index in [0.29, 0.717) is 13.0 Å². The minimum Gasteiger partial charge on any atom is -0.491 e. The summed E-state index contributed by atoms with van der Waals surface area (Å²) in [7, 11) is 0. The van der Waals surface area contributed by atoms with Gasteiger partial charge in [-0.05, 0) is 40.2 Å². The van der Waals surface area contributed by atoms with Crippen molar-refractivity contribution in [2.24, 2.45) is 0 Å². The van der Waals surface area contributed by atoms with Crippen LogP contribution in [0.4, 0.5) is 0 Å². The first-order valence-corrected chi connectivity index (χ1v) is 6.97. The third-order valence-electron chi connectivity index (χ3n) is 2.93. The zero-order valence-corrected chi connectivity index (χ0v) is 12.8. The van der Waals surface area contributed by atoms with Crippen LogP contribution < -0.4 is 10.1 Å². The molecule has 2 N–H and O–H groups in total. The van der Waals surface area contributed by atoms with Crippen LogP contribution in [0.5, 0.6) is 5.75 Å². The predicted molar refractivity (Wildman–Crippen MR) is 79.6 cm³/mol. The lowest BCUT2D eigenvalue weighted by Crippen LogP contribution is -2.35. The molecule has 0 fully saturated rings. The third kappa shape index (κ3) is 6.08. The SMILES string of the molecule is CCC(O)COc1ccc(C)cc1CNC(C)(C)C. The summed E-state index contributed by atoms with van der Waals surface area (Å²) in [5, 5.41) is 13.0. The Kier molecular flexibility index (Phi) is 5.83. The van der Waals surface area contributed by atoms with Crippen molar-refractivity contribution >= 4 is 0 Å². The maximum atomic E-state index is 9.58. The molecular weight excluding hydrogens is 238 g/mol. The first kappa shape index (κ1) is 16.0. The Morgan fingerprint density at radius 1 is 1.32 bits per heavy atom. The highest BCUT2D eigenvalue weighted by Gasteiger charge is 2.12. The van der Waals surface area contributed by atoms with Gasteiger partial charge in [-0.1, -0.05) is 24.6 Å². The summed E-state index contributed by atoms with van der Waals surface area (Å²) in [4.78, 5) is 0. The Balaban J connectivity index is 2.74. The van der Waals surface area contributed by atoms with Gasteiger partial charge in [-0.3, -0.25) is 0 Å². The molecule has 0 amide bonds. The summed E-state index contributed by atoms with van der Waals surface area (Å²) < 4.78 is 5.72. The minimum absolute atomic E-state index is 0.0734. The summed E-state index contributed by atoms with van der Waals surface area (Å²) in [6, 6.07) is 6.15. The predicted octanol–water partition coefficient (Wildman–Crippen LogP) is 3.03. The summed E-state index contributed by atoms with van der Waals surface area (Å²) in [5.74, 6) is 0.856. The highest BCUT2D eigenvalue weighted by atomic mass is 16.5. The van der Waals surface area contributed by atoms with E-state index in [2.05, 4.69) is 39.1 Å². The first-order chi connectivity index (χ1) is 8.81. The molecule has 1 atom stereocenters. The smallest absolute Gasteiger partial charge is 0.123 e. The van der Waals surface area contributed by atoms with Gasteiger partial charge in [0.05, 0.1) is 6.10 Å². The number of nitrogens with one attached hydrogen (secondary N) is 1. The van der Waals surface area contributed by atoms with Crippen molar-refractivity contribution in [2.45, 2.75) is 59.2 Å². The van der Waals surface area contributed by atoms with E-state index in [4.69, 9.17) is 4.74 Å². The maximum absolute atomic E-state index is 9.58. The Hall–Kier alpha value is -1.06. The second-order valence-corrected chi connectivity index (χ2v) is 6.09. The van der Waals surface area contributed by atoms with E-state index >= 15 is 0 Å². The van der Waals surface area contributed by atoms with E-state index in [0.717, 1.165) is 17.9 Å². The fourth-order valence-corrected chi connectivity index (χ4v) is 1.65. The second-order valence-electron chi connectivity index (χ2n) is 6.09. The molecule has 0 saturated heterocycles. The number of hydrogen-bond acceptors (Lipinski definition) is 3. The van der Waals surface area contributed by atoms with Gasteiger partial charge in [-0.25, -0.2) is 0 Å². The van der Waals surface area contributed by atoms with Crippen LogP contribution in [-0.2, 0) is 6.54 Å². The molecule has 0 saturated carbocycles. The third-order valence-corrected chi connectivity index (χ3v) is 2.93. The van der Waals surface area contributed by atoms with Crippen molar-refractivity contribution < 1.29 is 9.84 Å². The van der Waals surface area contributed by atoms with Crippen molar-refractivity contribution in [3.8, 4) is 5.75 Å². The molecule has 1 aromatic rings. The number of aliphatic hydroxyl groups excluding tert-OH is 1. The van der Waals surface area contributed by atoms with Gasteiger partial charge >= 0.3 is 0 Å². The average Bonchev–Trinajstić information content (AvgIpc) is 2.33. The molecule has 0 spiro atoms. The maximum Gasteiger partial charge on any atom is 0.123 e. The van der Waals surface area contributed by atoms with Crippen LogP contribution in [-0.4, -0.2) is 23.4 Å². The van der Waals surface area contributed by atoms with Crippen LogP contribution in [0.25, 0.3) is 0 Å². The van der Waals surface area contributed by atoms with Gasteiger partial charge in [-0.15, -0.1) is 0 Å². The molecule has 0 aliphatic heterocycles. The summed E-state index contributed by atoms with van der Waals surface area (Å²) >= 11 is 0. The fraction of sp³-hybridized carbons (Fsp3) is 0.625.